The van der Waals surface area contributed by atoms with Crippen LogP contribution in [0.1, 0.15) is 18.5 Å². The Labute approximate surface area is 119 Å². The smallest absolute Gasteiger partial charge is 0.233 e. The molecular formula is C13H20ClN5. The monoisotopic (exact) mass is 281 g/mol. The molecule has 1 aliphatic carbocycles. The first-order valence-corrected chi connectivity index (χ1v) is 6.47. The van der Waals surface area contributed by atoms with Crippen LogP contribution in [0.2, 0.25) is 0 Å². The van der Waals surface area contributed by atoms with Gasteiger partial charge in [0.2, 0.25) is 5.78 Å². The van der Waals surface area contributed by atoms with Crippen molar-refractivity contribution in [1.82, 2.24) is 19.3 Å². The standard InChI is InChI=1S/C13H19N5.ClH/c1-17(12(7-14)10-3-4-10)8-11-9-18-6-2-5-15-13(18)16-11;/h2,5-6,9-10,12H,3-4,7-8,14H2,1H3;1H. The molecule has 1 aliphatic rings. The zero-order valence-corrected chi connectivity index (χ0v) is 11.9. The Kier molecular flexibility index (Phi) is 4.39. The van der Waals surface area contributed by atoms with E-state index in [9.17, 15) is 0 Å². The highest BCUT2D eigenvalue weighted by Crippen LogP contribution is 2.34. The van der Waals surface area contributed by atoms with Gasteiger partial charge in [-0.3, -0.25) is 9.30 Å². The van der Waals surface area contributed by atoms with E-state index in [1.807, 2.05) is 22.9 Å². The first-order valence-electron chi connectivity index (χ1n) is 6.47. The van der Waals surface area contributed by atoms with Gasteiger partial charge in [-0.1, -0.05) is 0 Å². The molecule has 2 aromatic heterocycles. The van der Waals surface area contributed by atoms with Gasteiger partial charge in [0, 0.05) is 37.7 Å². The molecule has 2 N–H and O–H groups in total. The van der Waals surface area contributed by atoms with Crippen LogP contribution in [0, 0.1) is 5.92 Å². The molecule has 0 saturated heterocycles. The summed E-state index contributed by atoms with van der Waals surface area (Å²) >= 11 is 0. The zero-order valence-electron chi connectivity index (χ0n) is 11.1. The average Bonchev–Trinajstić information content (AvgIpc) is 3.09. The number of halogens is 1. The summed E-state index contributed by atoms with van der Waals surface area (Å²) < 4.78 is 1.96. The summed E-state index contributed by atoms with van der Waals surface area (Å²) in [4.78, 5) is 11.1. The first-order chi connectivity index (χ1) is 8.78. The minimum absolute atomic E-state index is 0. The maximum absolute atomic E-state index is 5.86. The van der Waals surface area contributed by atoms with Gasteiger partial charge in [0.15, 0.2) is 0 Å². The van der Waals surface area contributed by atoms with Gasteiger partial charge >= 0.3 is 0 Å². The second kappa shape index (κ2) is 5.86. The van der Waals surface area contributed by atoms with Crippen LogP contribution < -0.4 is 5.73 Å². The summed E-state index contributed by atoms with van der Waals surface area (Å²) in [7, 11) is 2.13. The van der Waals surface area contributed by atoms with Gasteiger partial charge in [0.25, 0.3) is 0 Å². The van der Waals surface area contributed by atoms with Crippen molar-refractivity contribution in [2.75, 3.05) is 13.6 Å². The number of likely N-dealkylation sites (N-methyl/N-ethyl adjacent to an activating group) is 1. The molecule has 2 heterocycles. The van der Waals surface area contributed by atoms with Gasteiger partial charge in [-0.25, -0.2) is 9.97 Å². The van der Waals surface area contributed by atoms with Gasteiger partial charge in [-0.05, 0) is 31.9 Å². The minimum atomic E-state index is 0. The van der Waals surface area contributed by atoms with Crippen molar-refractivity contribution in [3.05, 3.63) is 30.4 Å². The highest BCUT2D eigenvalue weighted by Gasteiger charge is 2.32. The maximum atomic E-state index is 5.86. The van der Waals surface area contributed by atoms with Crippen LogP contribution in [0.5, 0.6) is 0 Å². The quantitative estimate of drug-likeness (QED) is 0.898. The summed E-state index contributed by atoms with van der Waals surface area (Å²) in [5, 5.41) is 0. The van der Waals surface area contributed by atoms with E-state index in [0.29, 0.717) is 6.04 Å². The fourth-order valence-corrected chi connectivity index (χ4v) is 2.54. The molecule has 1 atom stereocenters. The lowest BCUT2D eigenvalue weighted by molar-refractivity contribution is 0.213. The van der Waals surface area contributed by atoms with Gasteiger partial charge in [-0.2, -0.15) is 0 Å². The molecule has 0 bridgehead atoms. The summed E-state index contributed by atoms with van der Waals surface area (Å²) in [5.74, 6) is 1.55. The molecule has 0 aliphatic heterocycles. The summed E-state index contributed by atoms with van der Waals surface area (Å²) in [6, 6.07) is 2.40. The first kappa shape index (κ1) is 14.2. The normalized spacial score (nSPS) is 16.6. The Balaban J connectivity index is 0.00000133. The van der Waals surface area contributed by atoms with Crippen LogP contribution in [0.15, 0.2) is 24.7 Å². The van der Waals surface area contributed by atoms with Crippen molar-refractivity contribution in [2.45, 2.75) is 25.4 Å². The number of nitrogens with two attached hydrogens (primary N) is 1. The Bertz CT molecular complexity index is 504. The van der Waals surface area contributed by atoms with Crippen LogP contribution in [-0.2, 0) is 6.54 Å². The molecule has 3 rings (SSSR count). The van der Waals surface area contributed by atoms with Gasteiger partial charge in [0.05, 0.1) is 5.69 Å². The molecule has 5 nitrogen and oxygen atoms in total. The van der Waals surface area contributed by atoms with E-state index in [-0.39, 0.29) is 12.4 Å². The lowest BCUT2D eigenvalue weighted by atomic mass is 10.1. The van der Waals surface area contributed by atoms with Crippen LogP contribution >= 0.6 is 12.4 Å². The second-order valence-corrected chi connectivity index (χ2v) is 5.11. The molecule has 19 heavy (non-hydrogen) atoms. The SMILES string of the molecule is CN(Cc1cn2cccnc2n1)C(CN)C1CC1.Cl. The Hall–Kier alpha value is -1.17. The third kappa shape index (κ3) is 3.05. The molecular weight excluding hydrogens is 262 g/mol. The lowest BCUT2D eigenvalue weighted by Crippen LogP contribution is -2.39. The second-order valence-electron chi connectivity index (χ2n) is 5.11. The van der Waals surface area contributed by atoms with E-state index in [1.165, 1.54) is 12.8 Å². The fraction of sp³-hybridized carbons (Fsp3) is 0.538. The minimum Gasteiger partial charge on any atom is -0.329 e. The predicted molar refractivity (Wildman–Crippen MR) is 77.3 cm³/mol. The van der Waals surface area contributed by atoms with Crippen molar-refractivity contribution in [1.29, 1.82) is 0 Å². The third-order valence-electron chi connectivity index (χ3n) is 3.67. The molecule has 0 aromatic carbocycles. The van der Waals surface area contributed by atoms with Crippen molar-refractivity contribution in [3.8, 4) is 0 Å². The van der Waals surface area contributed by atoms with Crippen LogP contribution in [0.4, 0.5) is 0 Å². The molecule has 0 spiro atoms. The van der Waals surface area contributed by atoms with Crippen molar-refractivity contribution < 1.29 is 0 Å². The van der Waals surface area contributed by atoms with Crippen LogP contribution in [0.3, 0.4) is 0 Å². The average molecular weight is 282 g/mol. The summed E-state index contributed by atoms with van der Waals surface area (Å²) in [6.07, 6.45) is 8.42. The largest absolute Gasteiger partial charge is 0.329 e. The molecule has 0 radical (unpaired) electrons. The van der Waals surface area contributed by atoms with E-state index in [0.717, 1.165) is 30.5 Å². The van der Waals surface area contributed by atoms with Gasteiger partial charge < -0.3 is 5.73 Å². The van der Waals surface area contributed by atoms with E-state index in [4.69, 9.17) is 5.73 Å². The van der Waals surface area contributed by atoms with Crippen molar-refractivity contribution in [2.24, 2.45) is 11.7 Å². The Morgan fingerprint density at radius 2 is 2.32 bits per heavy atom. The van der Waals surface area contributed by atoms with Crippen molar-refractivity contribution >= 4 is 18.2 Å². The van der Waals surface area contributed by atoms with Gasteiger partial charge in [-0.15, -0.1) is 12.4 Å². The zero-order chi connectivity index (χ0) is 12.5. The molecule has 1 unspecified atom stereocenters. The molecule has 1 saturated carbocycles. The third-order valence-corrected chi connectivity index (χ3v) is 3.67. The highest BCUT2D eigenvalue weighted by molar-refractivity contribution is 5.85. The highest BCUT2D eigenvalue weighted by atomic mass is 35.5. The lowest BCUT2D eigenvalue weighted by Gasteiger charge is -2.25. The molecule has 2 aromatic rings. The van der Waals surface area contributed by atoms with E-state index >= 15 is 0 Å². The number of imidazole rings is 1. The fourth-order valence-electron chi connectivity index (χ4n) is 2.54. The molecule has 1 fully saturated rings. The molecule has 0 amide bonds. The summed E-state index contributed by atoms with van der Waals surface area (Å²) in [5.41, 5.74) is 6.91. The number of hydrogen-bond acceptors (Lipinski definition) is 4. The molecule has 104 valence electrons. The Morgan fingerprint density at radius 3 is 2.95 bits per heavy atom. The number of fused-ring (bicyclic) bond motifs is 1. The maximum Gasteiger partial charge on any atom is 0.233 e. The summed E-state index contributed by atoms with van der Waals surface area (Å²) in [6.45, 7) is 1.56. The predicted octanol–water partition coefficient (Wildman–Crippen LogP) is 1.32. The van der Waals surface area contributed by atoms with E-state index in [2.05, 4.69) is 21.9 Å². The van der Waals surface area contributed by atoms with E-state index < -0.39 is 0 Å². The number of rotatable bonds is 5. The number of nitrogens with zero attached hydrogens (tertiary/aromatic N) is 4. The van der Waals surface area contributed by atoms with Gasteiger partial charge in [0.1, 0.15) is 0 Å². The van der Waals surface area contributed by atoms with Crippen LogP contribution in [-0.4, -0.2) is 38.9 Å². The van der Waals surface area contributed by atoms with Crippen molar-refractivity contribution in [3.63, 3.8) is 0 Å². The number of aromatic nitrogens is 3. The number of hydrogen-bond donors (Lipinski definition) is 1. The Morgan fingerprint density at radius 1 is 1.53 bits per heavy atom. The van der Waals surface area contributed by atoms with Crippen LogP contribution in [0.25, 0.3) is 5.78 Å². The van der Waals surface area contributed by atoms with E-state index in [1.54, 1.807) is 6.20 Å². The topological polar surface area (TPSA) is 59.5 Å². The molecule has 6 heteroatoms.